The Kier molecular flexibility index (Phi) is 4.74. The van der Waals surface area contributed by atoms with Gasteiger partial charge in [0.2, 0.25) is 11.8 Å². The highest BCUT2D eigenvalue weighted by atomic mass is 16.5. The van der Waals surface area contributed by atoms with Crippen LogP contribution in [0.5, 0.6) is 5.75 Å². The van der Waals surface area contributed by atoms with E-state index in [2.05, 4.69) is 15.8 Å². The molecule has 0 aliphatic heterocycles. The van der Waals surface area contributed by atoms with Crippen molar-refractivity contribution in [2.75, 3.05) is 19.0 Å². The normalized spacial score (nSPS) is 14.6. The van der Waals surface area contributed by atoms with Crippen LogP contribution in [0.2, 0.25) is 0 Å². The van der Waals surface area contributed by atoms with Gasteiger partial charge in [-0.1, -0.05) is 17.3 Å². The lowest BCUT2D eigenvalue weighted by molar-refractivity contribution is -0.134. The molecule has 1 fully saturated rings. The first-order valence-corrected chi connectivity index (χ1v) is 8.19. The summed E-state index contributed by atoms with van der Waals surface area (Å²) in [5.74, 6) is 1.16. The Labute approximate surface area is 145 Å². The number of nitrogens with zero attached hydrogens (tertiary/aromatic N) is 1. The maximum atomic E-state index is 12.4. The number of anilines is 1. The quantitative estimate of drug-likeness (QED) is 0.751. The minimum absolute atomic E-state index is 0.237. The van der Waals surface area contributed by atoms with Crippen molar-refractivity contribution < 1.29 is 18.8 Å². The molecule has 1 heterocycles. The highest BCUT2D eigenvalue weighted by Gasteiger charge is 2.56. The molecule has 0 atom stereocenters. The van der Waals surface area contributed by atoms with Crippen molar-refractivity contribution in [2.24, 2.45) is 5.41 Å². The SMILES string of the molecule is COc1ccc(CCNC(=O)C2(C(=O)Nc3cc(C)on3)CC2)cc1. The second-order valence-electron chi connectivity index (χ2n) is 6.21. The average molecular weight is 343 g/mol. The lowest BCUT2D eigenvalue weighted by Gasteiger charge is -2.14. The molecule has 1 aliphatic rings. The summed E-state index contributed by atoms with van der Waals surface area (Å²) in [6, 6.07) is 9.30. The second-order valence-corrected chi connectivity index (χ2v) is 6.21. The molecule has 1 aromatic carbocycles. The summed E-state index contributed by atoms with van der Waals surface area (Å²) in [6.07, 6.45) is 1.78. The van der Waals surface area contributed by atoms with E-state index in [4.69, 9.17) is 9.26 Å². The molecular formula is C18H21N3O4. The number of rotatable bonds is 7. The Morgan fingerprint density at radius 2 is 1.96 bits per heavy atom. The van der Waals surface area contributed by atoms with E-state index in [1.54, 1.807) is 20.1 Å². The number of nitrogens with one attached hydrogen (secondary N) is 2. The molecule has 132 valence electrons. The zero-order chi connectivity index (χ0) is 17.9. The minimum atomic E-state index is -0.979. The highest BCUT2D eigenvalue weighted by molar-refractivity contribution is 6.12. The van der Waals surface area contributed by atoms with E-state index in [1.165, 1.54) is 0 Å². The van der Waals surface area contributed by atoms with Crippen LogP contribution in [0.25, 0.3) is 0 Å². The maximum Gasteiger partial charge on any atom is 0.241 e. The Hall–Kier alpha value is -2.83. The van der Waals surface area contributed by atoms with Crippen LogP contribution in [-0.4, -0.2) is 30.6 Å². The van der Waals surface area contributed by atoms with Crippen LogP contribution in [0.4, 0.5) is 5.82 Å². The predicted octanol–water partition coefficient (Wildman–Crippen LogP) is 2.07. The van der Waals surface area contributed by atoms with Crippen LogP contribution in [-0.2, 0) is 16.0 Å². The predicted molar refractivity (Wildman–Crippen MR) is 91.2 cm³/mol. The van der Waals surface area contributed by atoms with Crippen molar-refractivity contribution in [3.63, 3.8) is 0 Å². The van der Waals surface area contributed by atoms with Crippen molar-refractivity contribution in [3.05, 3.63) is 41.7 Å². The fraction of sp³-hybridized carbons (Fsp3) is 0.389. The van der Waals surface area contributed by atoms with Crippen LogP contribution < -0.4 is 15.4 Å². The molecular weight excluding hydrogens is 322 g/mol. The number of methoxy groups -OCH3 is 1. The number of hydrogen-bond donors (Lipinski definition) is 2. The molecule has 1 aliphatic carbocycles. The van der Waals surface area contributed by atoms with Gasteiger partial charge in [-0.2, -0.15) is 0 Å². The summed E-state index contributed by atoms with van der Waals surface area (Å²) in [4.78, 5) is 24.8. The summed E-state index contributed by atoms with van der Waals surface area (Å²) in [5, 5.41) is 9.23. The third kappa shape index (κ3) is 3.81. The largest absolute Gasteiger partial charge is 0.497 e. The third-order valence-electron chi connectivity index (χ3n) is 4.35. The Bertz CT molecular complexity index is 763. The average Bonchev–Trinajstić information content (AvgIpc) is 3.34. The van der Waals surface area contributed by atoms with Gasteiger partial charge in [-0.15, -0.1) is 0 Å². The minimum Gasteiger partial charge on any atom is -0.497 e. The Morgan fingerprint density at radius 3 is 2.52 bits per heavy atom. The van der Waals surface area contributed by atoms with Gasteiger partial charge in [-0.3, -0.25) is 9.59 Å². The lowest BCUT2D eigenvalue weighted by atomic mass is 10.0. The van der Waals surface area contributed by atoms with Crippen LogP contribution in [0.1, 0.15) is 24.2 Å². The van der Waals surface area contributed by atoms with Crippen LogP contribution in [0.15, 0.2) is 34.9 Å². The molecule has 0 unspecified atom stereocenters. The van der Waals surface area contributed by atoms with Gasteiger partial charge in [0.15, 0.2) is 5.82 Å². The van der Waals surface area contributed by atoms with Crippen molar-refractivity contribution in [1.29, 1.82) is 0 Å². The number of aryl methyl sites for hydroxylation is 1. The molecule has 2 amide bonds. The van der Waals surface area contributed by atoms with Gasteiger partial charge >= 0.3 is 0 Å². The number of aromatic nitrogens is 1. The molecule has 2 N–H and O–H groups in total. The number of carbonyl (C=O) groups is 2. The zero-order valence-corrected chi connectivity index (χ0v) is 14.3. The Balaban J connectivity index is 1.50. The van der Waals surface area contributed by atoms with Crippen molar-refractivity contribution in [1.82, 2.24) is 10.5 Å². The zero-order valence-electron chi connectivity index (χ0n) is 14.3. The first-order valence-electron chi connectivity index (χ1n) is 8.19. The summed E-state index contributed by atoms with van der Waals surface area (Å²) < 4.78 is 10.0. The number of hydrogen-bond acceptors (Lipinski definition) is 5. The molecule has 0 saturated heterocycles. The highest BCUT2D eigenvalue weighted by Crippen LogP contribution is 2.46. The van der Waals surface area contributed by atoms with Gasteiger partial charge in [0, 0.05) is 12.6 Å². The number of benzene rings is 1. The van der Waals surface area contributed by atoms with E-state index in [0.29, 0.717) is 37.4 Å². The molecule has 3 rings (SSSR count). The summed E-state index contributed by atoms with van der Waals surface area (Å²) in [5.41, 5.74) is 0.112. The third-order valence-corrected chi connectivity index (χ3v) is 4.35. The van der Waals surface area contributed by atoms with Gasteiger partial charge < -0.3 is 19.9 Å². The fourth-order valence-corrected chi connectivity index (χ4v) is 2.63. The first-order chi connectivity index (χ1) is 12.0. The van der Waals surface area contributed by atoms with Gasteiger partial charge in [0.1, 0.15) is 16.9 Å². The van der Waals surface area contributed by atoms with Gasteiger partial charge in [0.25, 0.3) is 0 Å². The van der Waals surface area contributed by atoms with Gasteiger partial charge in [0.05, 0.1) is 7.11 Å². The lowest BCUT2D eigenvalue weighted by Crippen LogP contribution is -2.40. The number of carbonyl (C=O) groups excluding carboxylic acids is 2. The van der Waals surface area contributed by atoms with Crippen LogP contribution >= 0.6 is 0 Å². The first kappa shape index (κ1) is 17.0. The molecule has 7 heteroatoms. The molecule has 25 heavy (non-hydrogen) atoms. The summed E-state index contributed by atoms with van der Waals surface area (Å²) in [6.45, 7) is 2.21. The van der Waals surface area contributed by atoms with E-state index >= 15 is 0 Å². The molecule has 0 radical (unpaired) electrons. The molecule has 1 saturated carbocycles. The van der Waals surface area contributed by atoms with E-state index in [-0.39, 0.29) is 11.8 Å². The number of ether oxygens (including phenoxy) is 1. The second kappa shape index (κ2) is 6.96. The van der Waals surface area contributed by atoms with Crippen molar-refractivity contribution in [3.8, 4) is 5.75 Å². The van der Waals surface area contributed by atoms with E-state index in [1.807, 2.05) is 24.3 Å². The number of amides is 2. The molecule has 1 aromatic heterocycles. The van der Waals surface area contributed by atoms with E-state index in [0.717, 1.165) is 11.3 Å². The van der Waals surface area contributed by atoms with Crippen molar-refractivity contribution in [2.45, 2.75) is 26.2 Å². The van der Waals surface area contributed by atoms with E-state index in [9.17, 15) is 9.59 Å². The summed E-state index contributed by atoms with van der Waals surface area (Å²) >= 11 is 0. The fourth-order valence-electron chi connectivity index (χ4n) is 2.63. The maximum absolute atomic E-state index is 12.4. The van der Waals surface area contributed by atoms with Gasteiger partial charge in [-0.05, 0) is 43.9 Å². The molecule has 0 bridgehead atoms. The van der Waals surface area contributed by atoms with Crippen LogP contribution in [0.3, 0.4) is 0 Å². The topological polar surface area (TPSA) is 93.5 Å². The summed E-state index contributed by atoms with van der Waals surface area (Å²) in [7, 11) is 1.62. The molecule has 7 nitrogen and oxygen atoms in total. The van der Waals surface area contributed by atoms with Crippen LogP contribution in [0, 0.1) is 12.3 Å². The van der Waals surface area contributed by atoms with Crippen molar-refractivity contribution >= 4 is 17.6 Å². The smallest absolute Gasteiger partial charge is 0.241 e. The molecule has 0 spiro atoms. The van der Waals surface area contributed by atoms with E-state index < -0.39 is 5.41 Å². The Morgan fingerprint density at radius 1 is 1.24 bits per heavy atom. The monoisotopic (exact) mass is 343 g/mol. The molecule has 2 aromatic rings. The van der Waals surface area contributed by atoms with Gasteiger partial charge in [-0.25, -0.2) is 0 Å². The standard InChI is InChI=1S/C18H21N3O4/c1-12-11-15(21-25-12)20-17(23)18(8-9-18)16(22)19-10-7-13-3-5-14(24-2)6-4-13/h3-6,11H,7-10H2,1-2H3,(H,19,22)(H,20,21,23).